The fourth-order valence-corrected chi connectivity index (χ4v) is 5.68. The first-order valence-electron chi connectivity index (χ1n) is 9.95. The molecule has 2 fully saturated rings. The summed E-state index contributed by atoms with van der Waals surface area (Å²) < 4.78 is 40.0. The third-order valence-corrected chi connectivity index (χ3v) is 7.14. The van der Waals surface area contributed by atoms with E-state index in [0.29, 0.717) is 4.90 Å². The van der Waals surface area contributed by atoms with Crippen molar-refractivity contribution >= 4 is 34.5 Å². The first-order chi connectivity index (χ1) is 14.5. The number of nitrogens with zero attached hydrogens (tertiary/aromatic N) is 2. The fraction of sp³-hybridized carbons (Fsp3) is 0.368. The molecular weight excluding hydrogens is 384 g/mol. The lowest BCUT2D eigenvalue weighted by Crippen LogP contribution is -2.72. The molecule has 0 saturated carbocycles. The topological polar surface area (TPSA) is 101 Å². The molecule has 5 atom stereocenters. The summed E-state index contributed by atoms with van der Waals surface area (Å²) in [6.45, 7) is 1.41. The van der Waals surface area contributed by atoms with Crippen molar-refractivity contribution in [1.29, 1.82) is 0 Å². The van der Waals surface area contributed by atoms with Crippen molar-refractivity contribution in [3.63, 3.8) is 0 Å². The predicted octanol–water partition coefficient (Wildman–Crippen LogP) is 0.458. The molecule has 2 saturated heterocycles. The number of hydrogen-bond donors (Lipinski definition) is 0. The molecule has 0 spiro atoms. The molecule has 3 aliphatic heterocycles. The molecule has 1 unspecified atom stereocenters. The Morgan fingerprint density at radius 3 is 2.46 bits per heavy atom. The number of fused-ring (bicyclic) bond motifs is 2. The highest BCUT2D eigenvalue weighted by molar-refractivity contribution is 7.87. The summed E-state index contributed by atoms with van der Waals surface area (Å²) in [7, 11) is -2.31. The highest BCUT2D eigenvalue weighted by atomic mass is 32.2. The van der Waals surface area contributed by atoms with Gasteiger partial charge in [0.15, 0.2) is 6.04 Å². The Hall–Kier alpha value is -2.81. The molecule has 0 N–H and O–H groups in total. The van der Waals surface area contributed by atoms with E-state index in [9.17, 15) is 23.4 Å². The number of amides is 3. The number of esters is 1. The molecule has 1 aromatic rings. The van der Waals surface area contributed by atoms with Crippen molar-refractivity contribution in [1.82, 2.24) is 9.80 Å². The minimum atomic E-state index is -2.90. The zero-order valence-corrected chi connectivity index (χ0v) is 15.6. The van der Waals surface area contributed by atoms with Crippen LogP contribution in [0.4, 0.5) is 0 Å². The van der Waals surface area contributed by atoms with Gasteiger partial charge in [-0.05, 0) is 25.9 Å². The molecule has 28 heavy (non-hydrogen) atoms. The maximum atomic E-state index is 13.4. The van der Waals surface area contributed by atoms with Gasteiger partial charge in [-0.2, -0.15) is 0 Å². The minimum absolute atomic E-state index is 0.100. The molecule has 3 amide bonds. The van der Waals surface area contributed by atoms with E-state index in [1.807, 2.05) is 0 Å². The zero-order valence-electron chi connectivity index (χ0n) is 17.8. The lowest BCUT2D eigenvalue weighted by molar-refractivity contribution is -0.165. The summed E-state index contributed by atoms with van der Waals surface area (Å²) in [5.74, 6) is -3.34. The molecule has 0 bridgehead atoms. The standard InChI is InChI=1S/C19H18N2O6S/c1-4-9-27-18(25)13-19(2,3)28(26)17-12(16(24)21(13)17)20-14(22)10-7-5-6-8-11(10)15(20)23/h4-8,12-13,17H,1,9H2,2-3H3/t12-,13+,17-,28?/m1/s1/i2D3/t12-,13+,17-,19+,28?. The number of carbonyl (C=O) groups is 4. The Kier molecular flexibility index (Phi) is 3.30. The maximum absolute atomic E-state index is 13.4. The van der Waals surface area contributed by atoms with E-state index >= 15 is 0 Å². The molecule has 0 aliphatic carbocycles. The van der Waals surface area contributed by atoms with Crippen LogP contribution in [-0.2, 0) is 25.1 Å². The molecule has 1 aromatic carbocycles. The second kappa shape index (κ2) is 6.10. The summed E-state index contributed by atoms with van der Waals surface area (Å²) in [5, 5.41) is -1.33. The van der Waals surface area contributed by atoms with Gasteiger partial charge in [-0.1, -0.05) is 24.8 Å². The van der Waals surface area contributed by atoms with Gasteiger partial charge in [0.05, 0.1) is 26.7 Å². The predicted molar refractivity (Wildman–Crippen MR) is 98.5 cm³/mol. The van der Waals surface area contributed by atoms with Gasteiger partial charge in [-0.25, -0.2) is 4.79 Å². The molecule has 3 aliphatic rings. The molecule has 0 radical (unpaired) electrons. The first kappa shape index (κ1) is 15.2. The van der Waals surface area contributed by atoms with Gasteiger partial charge >= 0.3 is 5.97 Å². The number of imide groups is 1. The van der Waals surface area contributed by atoms with Crippen molar-refractivity contribution in [3.05, 3.63) is 48.0 Å². The maximum Gasteiger partial charge on any atom is 0.330 e. The Morgan fingerprint density at radius 1 is 1.32 bits per heavy atom. The van der Waals surface area contributed by atoms with Crippen LogP contribution in [-0.4, -0.2) is 66.5 Å². The second-order valence-electron chi connectivity index (χ2n) is 6.83. The van der Waals surface area contributed by atoms with Crippen molar-refractivity contribution in [3.8, 4) is 0 Å². The number of hydrogen-bond acceptors (Lipinski definition) is 6. The van der Waals surface area contributed by atoms with E-state index in [2.05, 4.69) is 6.58 Å². The van der Waals surface area contributed by atoms with E-state index in [4.69, 9.17) is 8.85 Å². The van der Waals surface area contributed by atoms with Gasteiger partial charge in [0, 0.05) is 4.11 Å². The molecule has 8 nitrogen and oxygen atoms in total. The van der Waals surface area contributed by atoms with Crippen LogP contribution in [0.3, 0.4) is 0 Å². The quantitative estimate of drug-likeness (QED) is 0.312. The van der Waals surface area contributed by atoms with Gasteiger partial charge in [0.1, 0.15) is 18.0 Å². The Morgan fingerprint density at radius 2 is 1.93 bits per heavy atom. The van der Waals surface area contributed by atoms with Crippen molar-refractivity contribution in [2.75, 3.05) is 6.61 Å². The average Bonchev–Trinajstić information content (AvgIpc) is 3.09. The van der Waals surface area contributed by atoms with Gasteiger partial charge in [0.2, 0.25) is 0 Å². The number of carbonyl (C=O) groups excluding carboxylic acids is 4. The lowest BCUT2D eigenvalue weighted by atomic mass is 9.95. The van der Waals surface area contributed by atoms with Crippen LogP contribution >= 0.6 is 0 Å². The van der Waals surface area contributed by atoms with Crippen LogP contribution in [0.2, 0.25) is 0 Å². The van der Waals surface area contributed by atoms with Gasteiger partial charge < -0.3 is 9.64 Å². The summed E-state index contributed by atoms with van der Waals surface area (Å²) in [4.78, 5) is 53.0. The van der Waals surface area contributed by atoms with E-state index in [-0.39, 0.29) is 17.7 Å². The van der Waals surface area contributed by atoms with E-state index < -0.39 is 63.5 Å². The summed E-state index contributed by atoms with van der Waals surface area (Å²) >= 11 is 0. The van der Waals surface area contributed by atoms with E-state index in [1.165, 1.54) is 18.2 Å². The fourth-order valence-electron chi connectivity index (χ4n) is 3.85. The second-order valence-corrected chi connectivity index (χ2v) is 8.76. The number of β-lactam (4-membered cyclic amide) rings is 1. The minimum Gasteiger partial charge on any atom is -0.460 e. The van der Waals surface area contributed by atoms with Gasteiger partial charge in [-0.3, -0.25) is 23.5 Å². The third kappa shape index (κ3) is 2.19. The van der Waals surface area contributed by atoms with Crippen LogP contribution in [0.1, 0.15) is 38.6 Å². The smallest absolute Gasteiger partial charge is 0.330 e. The van der Waals surface area contributed by atoms with Crippen LogP contribution < -0.4 is 0 Å². The lowest BCUT2D eigenvalue weighted by Gasteiger charge is -2.46. The number of ether oxygens (including phenoxy) is 1. The first-order valence-corrected chi connectivity index (χ1v) is 9.67. The van der Waals surface area contributed by atoms with E-state index in [0.717, 1.165) is 11.8 Å². The molecule has 3 heterocycles. The zero-order chi connectivity index (χ0) is 22.9. The van der Waals surface area contributed by atoms with Crippen LogP contribution in [0.25, 0.3) is 0 Å². The molecule has 146 valence electrons. The Labute approximate surface area is 167 Å². The van der Waals surface area contributed by atoms with Crippen LogP contribution in [0.5, 0.6) is 0 Å². The average molecular weight is 405 g/mol. The van der Waals surface area contributed by atoms with Crippen molar-refractivity contribution in [2.24, 2.45) is 0 Å². The highest BCUT2D eigenvalue weighted by Gasteiger charge is 2.71. The normalized spacial score (nSPS) is 35.5. The summed E-state index contributed by atoms with van der Waals surface area (Å²) in [6.07, 6.45) is 1.27. The SMILES string of the molecule is [2H]C([2H])([2H])[C@]1(C)[C@H](C(=O)OCC=C)N2C(=O)[C@@H](N3C(=O)c4ccccc4C3=O)[C@H]2S1=O. The van der Waals surface area contributed by atoms with Crippen molar-refractivity contribution < 1.29 is 32.2 Å². The van der Waals surface area contributed by atoms with Gasteiger partial charge in [0.25, 0.3) is 17.7 Å². The van der Waals surface area contributed by atoms with Gasteiger partial charge in [-0.15, -0.1) is 0 Å². The van der Waals surface area contributed by atoms with Crippen LogP contribution in [0.15, 0.2) is 36.9 Å². The summed E-state index contributed by atoms with van der Waals surface area (Å²) in [5.41, 5.74) is 0.200. The van der Waals surface area contributed by atoms with E-state index in [1.54, 1.807) is 12.1 Å². The molecule has 4 rings (SSSR count). The Bertz CT molecular complexity index is 1040. The molecular formula is C19H18N2O6S. The number of rotatable bonds is 4. The van der Waals surface area contributed by atoms with Crippen LogP contribution in [0, 0.1) is 0 Å². The summed E-state index contributed by atoms with van der Waals surface area (Å²) in [6, 6.07) is 2.87. The van der Waals surface area contributed by atoms with Crippen molar-refractivity contribution in [2.45, 2.75) is 36.0 Å². The molecule has 9 heteroatoms. The monoisotopic (exact) mass is 405 g/mol. The third-order valence-electron chi connectivity index (χ3n) is 5.16. The largest absolute Gasteiger partial charge is 0.460 e. The Balaban J connectivity index is 1.75. The number of benzene rings is 1. The highest BCUT2D eigenvalue weighted by Crippen LogP contribution is 2.46. The molecule has 0 aromatic heterocycles.